The molecule has 0 aromatic rings. The van der Waals surface area contributed by atoms with Crippen molar-refractivity contribution in [3.8, 4) is 16.9 Å². The van der Waals surface area contributed by atoms with Crippen LogP contribution in [-0.2, 0) is 11.3 Å². The summed E-state index contributed by atoms with van der Waals surface area (Å²) in [5, 5.41) is 12.8. The Balaban J connectivity index is 0.000000217. The van der Waals surface area contributed by atoms with Gasteiger partial charge in [0.15, 0.2) is 0 Å². The minimum Gasteiger partial charge on any atom is -0.760 e. The molecule has 5 heteroatoms. The van der Waals surface area contributed by atoms with Crippen LogP contribution in [0.2, 0.25) is 0 Å². The molecule has 2 aliphatic rings. The fourth-order valence-electron chi connectivity index (χ4n) is 0.738. The predicted molar refractivity (Wildman–Crippen MR) is 46.9 cm³/mol. The quantitative estimate of drug-likeness (QED) is 0.598. The molecule has 0 bridgehead atoms. The van der Waals surface area contributed by atoms with Crippen molar-refractivity contribution in [2.75, 3.05) is 0 Å². The summed E-state index contributed by atoms with van der Waals surface area (Å²) in [5.74, 6) is 0.426. The molecule has 2 aliphatic carbocycles. The van der Waals surface area contributed by atoms with Crippen molar-refractivity contribution >= 4 is 11.3 Å². The van der Waals surface area contributed by atoms with E-state index in [1.165, 1.54) is 5.56 Å². The van der Waals surface area contributed by atoms with Gasteiger partial charge >= 0.3 is 0 Å². The van der Waals surface area contributed by atoms with E-state index in [4.69, 9.17) is 13.9 Å². The molecule has 0 aromatic heterocycles. The first-order valence-electron chi connectivity index (χ1n) is 2.78. The van der Waals surface area contributed by atoms with Crippen LogP contribution in [0.5, 0.6) is 5.75 Å². The smallest absolute Gasteiger partial charge is 0.123 e. The second kappa shape index (κ2) is 4.20. The summed E-state index contributed by atoms with van der Waals surface area (Å²) in [6.07, 6.45) is 0. The van der Waals surface area contributed by atoms with E-state index in [2.05, 4.69) is 5.14 Å². The molecule has 4 nitrogen and oxygen atoms in total. The van der Waals surface area contributed by atoms with Crippen LogP contribution in [0.1, 0.15) is 7.43 Å². The zero-order chi connectivity index (χ0) is 8.43. The number of aromatic hydroxyl groups is 1. The van der Waals surface area contributed by atoms with E-state index in [1.54, 1.807) is 6.07 Å². The van der Waals surface area contributed by atoms with E-state index in [0.29, 0.717) is 5.75 Å². The fraction of sp³-hybridized carbons (Fsp3) is 0.143. The highest BCUT2D eigenvalue weighted by atomic mass is 32.2. The maximum atomic E-state index is 8.78. The van der Waals surface area contributed by atoms with Crippen molar-refractivity contribution in [3.05, 3.63) is 18.2 Å². The van der Waals surface area contributed by atoms with Gasteiger partial charge in [-0.25, -0.2) is 0 Å². The summed E-state index contributed by atoms with van der Waals surface area (Å²) in [6.45, 7) is 0. The maximum Gasteiger partial charge on any atom is 0.123 e. The Bertz CT molecular complexity index is 297. The first kappa shape index (κ1) is 11.1. The summed E-state index contributed by atoms with van der Waals surface area (Å²) < 4.78 is 17.6. The van der Waals surface area contributed by atoms with E-state index in [9.17, 15) is 0 Å². The number of rotatable bonds is 0. The number of fused-ring (bicyclic) bond motifs is 1. The van der Waals surface area contributed by atoms with Gasteiger partial charge in [0.2, 0.25) is 0 Å². The Labute approximate surface area is 73.4 Å². The molecule has 0 radical (unpaired) electrons. The van der Waals surface area contributed by atoms with Crippen molar-refractivity contribution in [1.29, 1.82) is 0 Å². The fourth-order valence-corrected chi connectivity index (χ4v) is 0.738. The number of phenolic OH excluding ortho intramolecular Hbond substituents is 1. The molecule has 0 heterocycles. The monoisotopic (exact) mass is 188 g/mol. The summed E-state index contributed by atoms with van der Waals surface area (Å²) in [5.41, 5.74) is 2.22. The molecule has 12 heavy (non-hydrogen) atoms. The molecular weight excluding hydrogens is 178 g/mol. The maximum absolute atomic E-state index is 8.78. The average molecular weight is 188 g/mol. The van der Waals surface area contributed by atoms with Gasteiger partial charge in [-0.2, -0.15) is 0 Å². The van der Waals surface area contributed by atoms with Gasteiger partial charge in [-0.15, -0.1) is 0 Å². The van der Waals surface area contributed by atoms with Crippen molar-refractivity contribution < 1.29 is 13.9 Å². The van der Waals surface area contributed by atoms with Crippen LogP contribution in [-0.4, -0.2) is 13.9 Å². The Morgan fingerprint density at radius 2 is 2.00 bits per heavy atom. The number of hydrogen-bond donors (Lipinski definition) is 2. The molecule has 3 N–H and O–H groups in total. The van der Waals surface area contributed by atoms with Crippen molar-refractivity contribution in [3.63, 3.8) is 0 Å². The van der Waals surface area contributed by atoms with Crippen LogP contribution < -0.4 is 5.14 Å². The topological polar surface area (TPSA) is 86.4 Å². The molecule has 1 atom stereocenters. The molecule has 0 aliphatic heterocycles. The molecule has 0 aromatic carbocycles. The highest BCUT2D eigenvalue weighted by Gasteiger charge is 2.15. The standard InChI is InChI=1S/C6H4O.CH4.H3NO2S/c7-6-2-1-4-3-5(4)6;;1-4(2)3/h1-3,7H;1H4;1H2,(H,2,3)/p-1. The molecule has 2 rings (SSSR count). The van der Waals surface area contributed by atoms with Crippen molar-refractivity contribution in [2.24, 2.45) is 5.14 Å². The van der Waals surface area contributed by atoms with Crippen LogP contribution in [0, 0.1) is 0 Å². The Morgan fingerprint density at radius 3 is 2.08 bits per heavy atom. The van der Waals surface area contributed by atoms with Gasteiger partial charge in [-0.3, -0.25) is 9.35 Å². The summed E-state index contributed by atoms with van der Waals surface area (Å²) in [6, 6.07) is 5.57. The third-order valence-corrected chi connectivity index (χ3v) is 1.22. The Morgan fingerprint density at radius 1 is 1.50 bits per heavy atom. The molecule has 0 saturated heterocycles. The van der Waals surface area contributed by atoms with Gasteiger partial charge in [0, 0.05) is 16.8 Å². The lowest BCUT2D eigenvalue weighted by molar-refractivity contribution is 0.480. The third-order valence-electron chi connectivity index (χ3n) is 1.22. The number of benzene rings is 1. The molecule has 0 amide bonds. The number of phenols is 1. The van der Waals surface area contributed by atoms with E-state index >= 15 is 0 Å². The van der Waals surface area contributed by atoms with Gasteiger partial charge in [0.05, 0.1) is 0 Å². The van der Waals surface area contributed by atoms with E-state index in [-0.39, 0.29) is 7.43 Å². The van der Waals surface area contributed by atoms with Crippen molar-refractivity contribution in [1.82, 2.24) is 0 Å². The van der Waals surface area contributed by atoms with Crippen LogP contribution >= 0.6 is 0 Å². The molecule has 1 unspecified atom stereocenters. The van der Waals surface area contributed by atoms with Gasteiger partial charge in [-0.1, -0.05) is 13.5 Å². The van der Waals surface area contributed by atoms with Crippen LogP contribution in [0.3, 0.4) is 0 Å². The number of hydrogen-bond acceptors (Lipinski definition) is 3. The Hall–Kier alpha value is -0.910. The SMILES string of the molecule is C.NS(=O)[O-].Oc1ccc2cc1-2. The first-order valence-corrected chi connectivity index (χ1v) is 3.92. The molecular formula is C7H10NO3S-. The molecule has 0 spiro atoms. The lowest BCUT2D eigenvalue weighted by Crippen LogP contribution is -1.97. The number of nitrogens with two attached hydrogens (primary N) is 1. The molecule has 0 saturated carbocycles. The lowest BCUT2D eigenvalue weighted by atomic mass is 10.5. The summed E-state index contributed by atoms with van der Waals surface area (Å²) in [7, 11) is 0. The minimum atomic E-state index is -2.36. The van der Waals surface area contributed by atoms with Crippen LogP contribution in [0.25, 0.3) is 11.1 Å². The van der Waals surface area contributed by atoms with Gasteiger partial charge < -0.3 is 9.66 Å². The minimum absolute atomic E-state index is 0. The van der Waals surface area contributed by atoms with Gasteiger partial charge in [0.1, 0.15) is 5.75 Å². The molecule has 68 valence electrons. The Kier molecular flexibility index (Phi) is 3.88. The van der Waals surface area contributed by atoms with E-state index in [1.807, 2.05) is 12.1 Å². The lowest BCUT2D eigenvalue weighted by Gasteiger charge is -1.85. The average Bonchev–Trinajstić information content (AvgIpc) is 2.54. The first-order chi connectivity index (χ1) is 5.11. The van der Waals surface area contributed by atoms with Crippen LogP contribution in [0.4, 0.5) is 0 Å². The molecule has 0 fully saturated rings. The van der Waals surface area contributed by atoms with Gasteiger partial charge in [-0.05, 0) is 17.7 Å². The van der Waals surface area contributed by atoms with Crippen LogP contribution in [0.15, 0.2) is 18.2 Å². The largest absolute Gasteiger partial charge is 0.760 e. The second-order valence-corrected chi connectivity index (χ2v) is 2.51. The zero-order valence-corrected chi connectivity index (χ0v) is 6.30. The second-order valence-electron chi connectivity index (χ2n) is 1.99. The van der Waals surface area contributed by atoms with E-state index < -0.39 is 11.3 Å². The highest BCUT2D eigenvalue weighted by molar-refractivity contribution is 7.76. The van der Waals surface area contributed by atoms with Crippen molar-refractivity contribution in [2.45, 2.75) is 7.43 Å². The van der Waals surface area contributed by atoms with Gasteiger partial charge in [0.25, 0.3) is 0 Å². The predicted octanol–water partition coefficient (Wildman–Crippen LogP) is 0.748. The summed E-state index contributed by atoms with van der Waals surface area (Å²) in [4.78, 5) is 0. The normalized spacial score (nSPS) is 11.8. The highest BCUT2D eigenvalue weighted by Crippen LogP contribution is 2.42. The van der Waals surface area contributed by atoms with E-state index in [0.717, 1.165) is 5.56 Å². The zero-order valence-electron chi connectivity index (χ0n) is 5.48. The summed E-state index contributed by atoms with van der Waals surface area (Å²) >= 11 is -2.36. The third kappa shape index (κ3) is 3.00.